The molecule has 2 aromatic rings. The van der Waals surface area contributed by atoms with Crippen LogP contribution in [0.1, 0.15) is 55.0 Å². The van der Waals surface area contributed by atoms with Gasteiger partial charge >= 0.3 is 6.18 Å². The number of hydrogen-bond donors (Lipinski definition) is 2. The average molecular weight is 535 g/mol. The molecular weight excluding hydrogens is 497 g/mol. The summed E-state index contributed by atoms with van der Waals surface area (Å²) < 4.78 is 44.0. The van der Waals surface area contributed by atoms with Crippen molar-refractivity contribution in [2.45, 2.75) is 71.3 Å². The molecule has 2 aliphatic heterocycles. The number of para-hydroxylation sites is 1. The Morgan fingerprint density at radius 2 is 1.87 bits per heavy atom. The number of hydrogen-bond acceptors (Lipinski definition) is 5. The number of nitrogens with zero attached hydrogens (tertiary/aromatic N) is 2. The minimum absolute atomic E-state index is 0.0388. The van der Waals surface area contributed by atoms with Crippen molar-refractivity contribution in [3.8, 4) is 5.75 Å². The Hall–Kier alpha value is -3.01. The molecular formula is C28H37F3N4O3. The van der Waals surface area contributed by atoms with Gasteiger partial charge in [-0.2, -0.15) is 13.2 Å². The van der Waals surface area contributed by atoms with Gasteiger partial charge in [-0.15, -0.1) is 0 Å². The first kappa shape index (κ1) is 28.0. The summed E-state index contributed by atoms with van der Waals surface area (Å²) in [5.74, 6) is 0.0589. The number of likely N-dealkylation sites (tertiary alicyclic amines) is 1. The van der Waals surface area contributed by atoms with Crippen LogP contribution in [0.5, 0.6) is 5.75 Å². The molecule has 4 rings (SSSR count). The number of H-pyrrole nitrogens is 1. The molecule has 38 heavy (non-hydrogen) atoms. The normalized spacial score (nSPS) is 21.3. The van der Waals surface area contributed by atoms with Gasteiger partial charge in [0.15, 0.2) is 0 Å². The van der Waals surface area contributed by atoms with E-state index in [-0.39, 0.29) is 36.0 Å². The first-order valence-electron chi connectivity index (χ1n) is 13.1. The van der Waals surface area contributed by atoms with E-state index in [9.17, 15) is 22.8 Å². The van der Waals surface area contributed by atoms with Crippen LogP contribution >= 0.6 is 0 Å². The van der Waals surface area contributed by atoms with Crippen LogP contribution in [0.15, 0.2) is 29.1 Å². The van der Waals surface area contributed by atoms with Crippen LogP contribution in [-0.2, 0) is 11.3 Å². The monoisotopic (exact) mass is 534 g/mol. The van der Waals surface area contributed by atoms with Crippen molar-refractivity contribution in [3.63, 3.8) is 0 Å². The average Bonchev–Trinajstić information content (AvgIpc) is 3.16. The molecule has 0 aliphatic carbocycles. The molecule has 2 unspecified atom stereocenters. The van der Waals surface area contributed by atoms with E-state index >= 15 is 0 Å². The summed E-state index contributed by atoms with van der Waals surface area (Å²) >= 11 is 0. The van der Waals surface area contributed by atoms with Gasteiger partial charge < -0.3 is 19.9 Å². The van der Waals surface area contributed by atoms with Gasteiger partial charge in [-0.1, -0.05) is 18.2 Å². The van der Waals surface area contributed by atoms with E-state index in [1.54, 1.807) is 6.92 Å². The maximum Gasteiger partial charge on any atom is 0.401 e. The second-order valence-electron chi connectivity index (χ2n) is 10.6. The Bertz CT molecular complexity index is 1220. The van der Waals surface area contributed by atoms with E-state index < -0.39 is 18.6 Å². The zero-order valence-electron chi connectivity index (χ0n) is 22.6. The number of alkyl halides is 3. The number of amides is 1. The second kappa shape index (κ2) is 11.0. The van der Waals surface area contributed by atoms with Crippen molar-refractivity contribution in [2.24, 2.45) is 5.92 Å². The molecule has 2 N–H and O–H groups in total. The van der Waals surface area contributed by atoms with E-state index in [2.05, 4.69) is 22.1 Å². The van der Waals surface area contributed by atoms with E-state index in [1.807, 2.05) is 38.1 Å². The molecule has 3 atom stereocenters. The number of methoxy groups -OCH3 is 1. The lowest BCUT2D eigenvalue weighted by atomic mass is 9.88. The van der Waals surface area contributed by atoms with E-state index in [1.165, 1.54) is 12.0 Å². The number of aromatic nitrogens is 1. The SMILES string of the molecule is COc1c(C)c(C)[nH]c(=O)c1CNC(=O)C1c2ccccc2N([C@H](C)C2CCN(CC(F)(F)F)CC2)C1C. The summed E-state index contributed by atoms with van der Waals surface area (Å²) in [4.78, 5) is 32.7. The first-order chi connectivity index (χ1) is 17.9. The minimum Gasteiger partial charge on any atom is -0.496 e. The van der Waals surface area contributed by atoms with Crippen molar-refractivity contribution >= 4 is 11.6 Å². The van der Waals surface area contributed by atoms with E-state index in [0.29, 0.717) is 42.9 Å². The molecule has 0 saturated carbocycles. The summed E-state index contributed by atoms with van der Waals surface area (Å²) in [6, 6.07) is 7.71. The zero-order valence-corrected chi connectivity index (χ0v) is 22.6. The number of pyridine rings is 1. The maximum atomic E-state index is 13.6. The fourth-order valence-electron chi connectivity index (χ4n) is 6.21. The molecule has 10 heteroatoms. The lowest BCUT2D eigenvalue weighted by Gasteiger charge is -2.41. The third-order valence-corrected chi connectivity index (χ3v) is 8.31. The predicted molar refractivity (Wildman–Crippen MR) is 141 cm³/mol. The molecule has 1 saturated heterocycles. The number of carbonyl (C=O) groups excluding carboxylic acids is 1. The summed E-state index contributed by atoms with van der Waals surface area (Å²) in [5, 5.41) is 2.96. The van der Waals surface area contributed by atoms with Crippen molar-refractivity contribution in [2.75, 3.05) is 31.6 Å². The third-order valence-electron chi connectivity index (χ3n) is 8.31. The second-order valence-corrected chi connectivity index (χ2v) is 10.6. The van der Waals surface area contributed by atoms with E-state index in [4.69, 9.17) is 4.74 Å². The molecule has 0 spiro atoms. The molecule has 1 amide bonds. The maximum absolute atomic E-state index is 13.6. The van der Waals surface area contributed by atoms with Crippen LogP contribution in [0.4, 0.5) is 18.9 Å². The van der Waals surface area contributed by atoms with Crippen LogP contribution in [-0.4, -0.2) is 60.8 Å². The number of carbonyl (C=O) groups is 1. The highest BCUT2D eigenvalue weighted by Crippen LogP contribution is 2.44. The van der Waals surface area contributed by atoms with E-state index in [0.717, 1.165) is 16.8 Å². The minimum atomic E-state index is -4.19. The number of aryl methyl sites for hydroxylation is 1. The highest BCUT2D eigenvalue weighted by atomic mass is 19.4. The van der Waals surface area contributed by atoms with Gasteiger partial charge in [0.2, 0.25) is 5.91 Å². The predicted octanol–water partition coefficient (Wildman–Crippen LogP) is 4.27. The lowest BCUT2D eigenvalue weighted by molar-refractivity contribution is -0.148. The largest absolute Gasteiger partial charge is 0.496 e. The Morgan fingerprint density at radius 3 is 2.50 bits per heavy atom. The van der Waals surface area contributed by atoms with Gasteiger partial charge in [0, 0.05) is 29.0 Å². The number of fused-ring (bicyclic) bond motifs is 1. The Labute approximate surface area is 221 Å². The summed E-state index contributed by atoms with van der Waals surface area (Å²) in [7, 11) is 1.51. The van der Waals surface area contributed by atoms with Gasteiger partial charge in [0.25, 0.3) is 5.56 Å². The smallest absolute Gasteiger partial charge is 0.401 e. The fraction of sp³-hybridized carbons (Fsp3) is 0.571. The molecule has 208 valence electrons. The number of halogens is 3. The van der Waals surface area contributed by atoms with Crippen molar-refractivity contribution < 1.29 is 22.7 Å². The van der Waals surface area contributed by atoms with Crippen LogP contribution in [0.3, 0.4) is 0 Å². The van der Waals surface area contributed by atoms with Crippen molar-refractivity contribution in [1.82, 2.24) is 15.2 Å². The number of anilines is 1. The van der Waals surface area contributed by atoms with Gasteiger partial charge in [0.1, 0.15) is 5.75 Å². The van der Waals surface area contributed by atoms with Crippen LogP contribution < -0.4 is 20.5 Å². The van der Waals surface area contributed by atoms with Gasteiger partial charge in [-0.25, -0.2) is 0 Å². The molecule has 3 heterocycles. The highest BCUT2D eigenvalue weighted by molar-refractivity contribution is 5.89. The fourth-order valence-corrected chi connectivity index (χ4v) is 6.21. The molecule has 1 aromatic heterocycles. The first-order valence-corrected chi connectivity index (χ1v) is 13.1. The molecule has 2 aliphatic rings. The van der Waals surface area contributed by atoms with Crippen LogP contribution in [0.2, 0.25) is 0 Å². The van der Waals surface area contributed by atoms with Crippen LogP contribution in [0.25, 0.3) is 0 Å². The molecule has 0 radical (unpaired) electrons. The van der Waals surface area contributed by atoms with Crippen molar-refractivity contribution in [1.29, 1.82) is 0 Å². The number of rotatable bonds is 7. The number of nitrogens with one attached hydrogen (secondary N) is 2. The lowest BCUT2D eigenvalue weighted by Crippen LogP contribution is -2.49. The Kier molecular flexibility index (Phi) is 8.11. The van der Waals surface area contributed by atoms with Crippen molar-refractivity contribution in [3.05, 3.63) is 57.0 Å². The Morgan fingerprint density at radius 1 is 1.21 bits per heavy atom. The van der Waals surface area contributed by atoms with Gasteiger partial charge in [0.05, 0.1) is 31.7 Å². The number of piperidine rings is 1. The van der Waals surface area contributed by atoms with Crippen LogP contribution in [0, 0.1) is 19.8 Å². The molecule has 0 bridgehead atoms. The summed E-state index contributed by atoms with van der Waals surface area (Å²) in [5.41, 5.74) is 3.51. The summed E-state index contributed by atoms with van der Waals surface area (Å²) in [6.45, 7) is 7.78. The highest BCUT2D eigenvalue weighted by Gasteiger charge is 2.44. The summed E-state index contributed by atoms with van der Waals surface area (Å²) in [6.07, 6.45) is -2.84. The number of aromatic amines is 1. The number of ether oxygens (including phenoxy) is 1. The zero-order chi connectivity index (χ0) is 27.8. The molecule has 1 aromatic carbocycles. The van der Waals surface area contributed by atoms with Gasteiger partial charge in [-0.3, -0.25) is 14.5 Å². The third kappa shape index (κ3) is 5.55. The number of benzene rings is 1. The standard InChI is InChI=1S/C28H37F3N4O3/c1-16-17(2)33-26(36)22(25(16)38-5)14-32-27(37)24-19(4)35(23-9-7-6-8-21(23)24)18(3)20-10-12-34(13-11-20)15-28(29,30)31/h6-9,18-20,24H,10-15H2,1-5H3,(H,32,37)(H,33,36)/t18-,19?,24?/m1/s1. The van der Waals surface area contributed by atoms with Gasteiger partial charge in [-0.05, 0) is 71.2 Å². The molecule has 7 nitrogen and oxygen atoms in total. The quantitative estimate of drug-likeness (QED) is 0.555. The molecule has 1 fully saturated rings. The Balaban J connectivity index is 1.50. The topological polar surface area (TPSA) is 77.7 Å².